The molecule has 0 aromatic heterocycles. The summed E-state index contributed by atoms with van der Waals surface area (Å²) in [6.45, 7) is -0.514. The van der Waals surface area contributed by atoms with Crippen LogP contribution in [0.4, 0.5) is 17.1 Å². The predicted octanol–water partition coefficient (Wildman–Crippen LogP) is 0.464. The van der Waals surface area contributed by atoms with Crippen molar-refractivity contribution in [2.75, 3.05) is 41.5 Å². The molecule has 2 aromatic carbocycles. The Balaban J connectivity index is 2.45. The van der Waals surface area contributed by atoms with Crippen molar-refractivity contribution in [2.45, 2.75) is 9.79 Å². The van der Waals surface area contributed by atoms with Crippen molar-refractivity contribution in [2.24, 2.45) is 0 Å². The Kier molecular flexibility index (Phi) is 7.14. The SMILES string of the molecule is CN(c1ccc(S(=O)(=O)CCO)cc1)c1ccc(N)cc1S(=O)(=O)CCS(=O)(=O)O. The van der Waals surface area contributed by atoms with Crippen molar-refractivity contribution in [3.63, 3.8) is 0 Å². The fourth-order valence-electron chi connectivity index (χ4n) is 2.64. The highest BCUT2D eigenvalue weighted by molar-refractivity contribution is 7.93. The van der Waals surface area contributed by atoms with Gasteiger partial charge in [0.2, 0.25) is 0 Å². The Morgan fingerprint density at radius 3 is 2.00 bits per heavy atom. The highest BCUT2D eigenvalue weighted by atomic mass is 32.2. The molecule has 0 aliphatic heterocycles. The van der Waals surface area contributed by atoms with Crippen LogP contribution in [0.5, 0.6) is 0 Å². The first-order valence-corrected chi connectivity index (χ1v) is 13.4. The maximum atomic E-state index is 12.7. The lowest BCUT2D eigenvalue weighted by Crippen LogP contribution is -2.20. The first-order valence-electron chi connectivity index (χ1n) is 8.52. The predicted molar refractivity (Wildman–Crippen MR) is 113 cm³/mol. The molecule has 0 radical (unpaired) electrons. The molecular formula is C17H22N2O8S3. The summed E-state index contributed by atoms with van der Waals surface area (Å²) in [6, 6.07) is 9.69. The van der Waals surface area contributed by atoms with Gasteiger partial charge in [-0.3, -0.25) is 4.55 Å². The first-order chi connectivity index (χ1) is 13.8. The molecule has 13 heteroatoms. The third-order valence-corrected chi connectivity index (χ3v) is 8.66. The molecule has 0 fully saturated rings. The third-order valence-electron chi connectivity index (χ3n) is 4.23. The van der Waals surface area contributed by atoms with Gasteiger partial charge >= 0.3 is 0 Å². The monoisotopic (exact) mass is 478 g/mol. The van der Waals surface area contributed by atoms with Crippen LogP contribution in [0, 0.1) is 0 Å². The van der Waals surface area contributed by atoms with Crippen LogP contribution in [0.25, 0.3) is 0 Å². The van der Waals surface area contributed by atoms with E-state index >= 15 is 0 Å². The summed E-state index contributed by atoms with van der Waals surface area (Å²) in [5, 5.41) is 8.87. The largest absolute Gasteiger partial charge is 0.399 e. The van der Waals surface area contributed by atoms with Crippen LogP contribution in [-0.4, -0.2) is 65.8 Å². The van der Waals surface area contributed by atoms with Crippen LogP contribution in [0.1, 0.15) is 0 Å². The molecule has 0 aliphatic carbocycles. The maximum Gasteiger partial charge on any atom is 0.265 e. The number of hydrogen-bond acceptors (Lipinski definition) is 9. The smallest absolute Gasteiger partial charge is 0.265 e. The van der Waals surface area contributed by atoms with Crippen molar-refractivity contribution in [3.05, 3.63) is 42.5 Å². The van der Waals surface area contributed by atoms with Gasteiger partial charge in [-0.15, -0.1) is 0 Å². The minimum absolute atomic E-state index is 0.00648. The lowest BCUT2D eigenvalue weighted by Gasteiger charge is -2.23. The van der Waals surface area contributed by atoms with E-state index in [0.717, 1.165) is 0 Å². The van der Waals surface area contributed by atoms with Gasteiger partial charge in [-0.2, -0.15) is 8.42 Å². The van der Waals surface area contributed by atoms with E-state index in [0.29, 0.717) is 5.69 Å². The normalized spacial score (nSPS) is 12.6. The van der Waals surface area contributed by atoms with Gasteiger partial charge in [0, 0.05) is 18.4 Å². The van der Waals surface area contributed by atoms with Gasteiger partial charge < -0.3 is 15.7 Å². The van der Waals surface area contributed by atoms with Gasteiger partial charge in [0.05, 0.1) is 39.3 Å². The molecular weight excluding hydrogens is 456 g/mol. The van der Waals surface area contributed by atoms with E-state index < -0.39 is 53.7 Å². The molecule has 166 valence electrons. The van der Waals surface area contributed by atoms with Crippen LogP contribution in [0.3, 0.4) is 0 Å². The number of nitrogens with two attached hydrogens (primary N) is 1. The van der Waals surface area contributed by atoms with Crippen LogP contribution < -0.4 is 10.6 Å². The second kappa shape index (κ2) is 8.89. The minimum atomic E-state index is -4.48. The van der Waals surface area contributed by atoms with E-state index in [9.17, 15) is 25.3 Å². The highest BCUT2D eigenvalue weighted by Gasteiger charge is 2.24. The fraction of sp³-hybridized carbons (Fsp3) is 0.294. The van der Waals surface area contributed by atoms with Gasteiger partial charge in [-0.25, -0.2) is 16.8 Å². The Morgan fingerprint density at radius 1 is 0.867 bits per heavy atom. The van der Waals surface area contributed by atoms with E-state index in [-0.39, 0.29) is 21.2 Å². The molecule has 0 bridgehead atoms. The van der Waals surface area contributed by atoms with E-state index in [1.165, 1.54) is 47.4 Å². The van der Waals surface area contributed by atoms with Gasteiger partial charge in [0.1, 0.15) is 0 Å². The molecule has 0 spiro atoms. The zero-order chi connectivity index (χ0) is 22.7. The van der Waals surface area contributed by atoms with E-state index in [1.807, 2.05) is 0 Å². The van der Waals surface area contributed by atoms with Crippen molar-refractivity contribution >= 4 is 46.9 Å². The number of nitrogens with zero attached hydrogens (tertiary/aromatic N) is 1. The Morgan fingerprint density at radius 2 is 1.47 bits per heavy atom. The topological polar surface area (TPSA) is 172 Å². The third kappa shape index (κ3) is 5.92. The molecule has 30 heavy (non-hydrogen) atoms. The van der Waals surface area contributed by atoms with Crippen LogP contribution in [0.15, 0.2) is 52.3 Å². The maximum absolute atomic E-state index is 12.7. The molecule has 0 amide bonds. The second-order valence-electron chi connectivity index (χ2n) is 6.43. The van der Waals surface area contributed by atoms with E-state index in [2.05, 4.69) is 0 Å². The summed E-state index contributed by atoms with van der Waals surface area (Å²) in [5.74, 6) is -2.23. The molecule has 0 atom stereocenters. The summed E-state index contributed by atoms with van der Waals surface area (Å²) in [6.07, 6.45) is 0. The highest BCUT2D eigenvalue weighted by Crippen LogP contribution is 2.33. The zero-order valence-electron chi connectivity index (χ0n) is 16.0. The van der Waals surface area contributed by atoms with Crippen molar-refractivity contribution in [3.8, 4) is 0 Å². The summed E-state index contributed by atoms with van der Waals surface area (Å²) in [7, 11) is -10.7. The molecule has 0 heterocycles. The molecule has 0 saturated carbocycles. The van der Waals surface area contributed by atoms with Gasteiger partial charge in [0.15, 0.2) is 19.7 Å². The summed E-state index contributed by atoms with van der Waals surface area (Å²) >= 11 is 0. The number of aliphatic hydroxyl groups is 1. The number of anilines is 3. The molecule has 4 N–H and O–H groups in total. The van der Waals surface area contributed by atoms with E-state index in [1.54, 1.807) is 7.05 Å². The van der Waals surface area contributed by atoms with Gasteiger partial charge in [-0.1, -0.05) is 0 Å². The first kappa shape index (κ1) is 24.1. The molecule has 0 saturated heterocycles. The number of hydrogen-bond donors (Lipinski definition) is 3. The molecule has 2 aromatic rings. The van der Waals surface area contributed by atoms with Crippen molar-refractivity contribution < 1.29 is 34.9 Å². The average molecular weight is 479 g/mol. The van der Waals surface area contributed by atoms with Gasteiger partial charge in [0.25, 0.3) is 10.1 Å². The van der Waals surface area contributed by atoms with E-state index in [4.69, 9.17) is 15.4 Å². The Labute approximate surface area is 175 Å². The number of benzene rings is 2. The van der Waals surface area contributed by atoms with Gasteiger partial charge in [-0.05, 0) is 42.5 Å². The van der Waals surface area contributed by atoms with Crippen LogP contribution in [-0.2, 0) is 29.8 Å². The summed E-state index contributed by atoms with van der Waals surface area (Å²) in [5.41, 5.74) is 6.48. The van der Waals surface area contributed by atoms with Crippen LogP contribution >= 0.6 is 0 Å². The van der Waals surface area contributed by atoms with Crippen LogP contribution in [0.2, 0.25) is 0 Å². The van der Waals surface area contributed by atoms with Crippen molar-refractivity contribution in [1.29, 1.82) is 0 Å². The molecule has 10 nitrogen and oxygen atoms in total. The molecule has 0 unspecified atom stereocenters. The summed E-state index contributed by atoms with van der Waals surface area (Å²) < 4.78 is 80.2. The number of sulfone groups is 2. The quantitative estimate of drug-likeness (QED) is 0.339. The lowest BCUT2D eigenvalue weighted by molar-refractivity contribution is 0.319. The lowest BCUT2D eigenvalue weighted by atomic mass is 10.2. The number of rotatable bonds is 9. The molecule has 2 rings (SSSR count). The summed E-state index contributed by atoms with van der Waals surface area (Å²) in [4.78, 5) is 1.25. The standard InChI is InChI=1S/C17H22N2O8S3/c1-19(14-3-5-15(6-4-14)28(21,22)9-8-20)16-7-2-13(18)12-17(16)29(23,24)10-11-30(25,26)27/h2-7,12,20H,8-11,18H2,1H3,(H,25,26,27). The average Bonchev–Trinajstić information content (AvgIpc) is 2.65. The number of aliphatic hydroxyl groups excluding tert-OH is 1. The number of nitrogen functional groups attached to an aromatic ring is 1. The van der Waals surface area contributed by atoms with Crippen molar-refractivity contribution in [1.82, 2.24) is 0 Å². The Bertz CT molecular complexity index is 1220. The minimum Gasteiger partial charge on any atom is -0.399 e. The molecule has 0 aliphatic rings. The zero-order valence-corrected chi connectivity index (χ0v) is 18.4. The second-order valence-corrected chi connectivity index (χ2v) is 12.2. The Hall–Kier alpha value is -2.19. The fourth-order valence-corrected chi connectivity index (χ4v) is 6.44.